The number of benzene rings is 10. The number of hydrogen-bond acceptors (Lipinski definition) is 0. The third kappa shape index (κ3) is 6.75. The maximum absolute atomic E-state index is 3.76. The van der Waals surface area contributed by atoms with E-state index in [2.05, 4.69) is 242 Å². The van der Waals surface area contributed by atoms with E-state index in [0.717, 1.165) is 8.95 Å². The van der Waals surface area contributed by atoms with E-state index in [1.165, 1.54) is 110 Å². The van der Waals surface area contributed by atoms with Gasteiger partial charge in [0.15, 0.2) is 0 Å². The van der Waals surface area contributed by atoms with Crippen molar-refractivity contribution in [2.24, 2.45) is 0 Å². The molecule has 0 radical (unpaired) electrons. The van der Waals surface area contributed by atoms with Gasteiger partial charge in [0, 0.05) is 8.95 Å². The number of rotatable bonds is 4. The Hall–Kier alpha value is -5.80. The lowest BCUT2D eigenvalue weighted by molar-refractivity contribution is 1.41. The normalized spacial score (nSPS) is 11.3. The fourth-order valence-corrected chi connectivity index (χ4v) is 9.75. The van der Waals surface area contributed by atoms with Crippen LogP contribution in [0.4, 0.5) is 0 Å². The fraction of sp³-hybridized carbons (Fsp3) is 0.0714. The van der Waals surface area contributed by atoms with Crippen molar-refractivity contribution in [3.63, 3.8) is 0 Å². The van der Waals surface area contributed by atoms with Crippen molar-refractivity contribution in [2.45, 2.75) is 27.7 Å². The molecular formula is C56H42Br2. The number of hydrogen-bond donors (Lipinski definition) is 0. The second-order valence-corrected chi connectivity index (χ2v) is 16.9. The van der Waals surface area contributed by atoms with Gasteiger partial charge in [-0.2, -0.15) is 0 Å². The molecule has 0 saturated carbocycles. The monoisotopic (exact) mass is 872 g/mol. The number of halogens is 2. The molecule has 0 aliphatic rings. The first kappa shape index (κ1) is 37.8. The van der Waals surface area contributed by atoms with Gasteiger partial charge in [-0.05, 0) is 162 Å². The summed E-state index contributed by atoms with van der Waals surface area (Å²) in [7, 11) is 0. The second-order valence-electron chi connectivity index (χ2n) is 15.2. The predicted molar refractivity (Wildman–Crippen MR) is 259 cm³/mol. The summed E-state index contributed by atoms with van der Waals surface area (Å²) in [5.74, 6) is 0. The average molecular weight is 875 g/mol. The van der Waals surface area contributed by atoms with Crippen molar-refractivity contribution in [3.8, 4) is 44.5 Å². The molecule has 58 heavy (non-hydrogen) atoms. The van der Waals surface area contributed by atoms with Crippen LogP contribution in [0.15, 0.2) is 191 Å². The molecule has 2 heteroatoms. The summed E-state index contributed by atoms with van der Waals surface area (Å²) in [6, 6.07) is 65.5. The van der Waals surface area contributed by atoms with E-state index >= 15 is 0 Å². The lowest BCUT2D eigenvalue weighted by Gasteiger charge is -2.21. The Morgan fingerprint density at radius 2 is 0.534 bits per heavy atom. The highest BCUT2D eigenvalue weighted by Gasteiger charge is 2.20. The molecular weight excluding hydrogens is 832 g/mol. The van der Waals surface area contributed by atoms with Crippen LogP contribution in [0.25, 0.3) is 87.6 Å². The predicted octanol–water partition coefficient (Wildman–Crippen LogP) is 17.4. The molecule has 0 nitrogen and oxygen atoms in total. The Labute approximate surface area is 358 Å². The van der Waals surface area contributed by atoms with Crippen molar-refractivity contribution in [1.29, 1.82) is 0 Å². The zero-order chi connectivity index (χ0) is 39.9. The van der Waals surface area contributed by atoms with Crippen molar-refractivity contribution >= 4 is 74.9 Å². The summed E-state index contributed by atoms with van der Waals surface area (Å²) >= 11 is 7.52. The van der Waals surface area contributed by atoms with Gasteiger partial charge in [-0.15, -0.1) is 0 Å². The maximum Gasteiger partial charge on any atom is 0.0217 e. The summed E-state index contributed by atoms with van der Waals surface area (Å²) in [5.41, 5.74) is 15.6. The van der Waals surface area contributed by atoms with E-state index in [-0.39, 0.29) is 0 Å². The lowest BCUT2D eigenvalue weighted by atomic mass is 9.82. The third-order valence-corrected chi connectivity index (χ3v) is 13.4. The van der Waals surface area contributed by atoms with E-state index in [4.69, 9.17) is 0 Å². The smallest absolute Gasteiger partial charge is 0.0217 e. The molecule has 0 heterocycles. The molecule has 10 aromatic rings. The molecule has 0 saturated heterocycles. The molecule has 0 bridgehead atoms. The second kappa shape index (κ2) is 15.9. The van der Waals surface area contributed by atoms with E-state index < -0.39 is 0 Å². The molecule has 0 amide bonds. The summed E-state index contributed by atoms with van der Waals surface area (Å²) in [6.45, 7) is 8.96. The van der Waals surface area contributed by atoms with Crippen molar-refractivity contribution in [3.05, 3.63) is 213 Å². The molecule has 0 N–H and O–H groups in total. The lowest BCUT2D eigenvalue weighted by Crippen LogP contribution is -1.96. The minimum Gasteiger partial charge on any atom is -0.0622 e. The quantitative estimate of drug-likeness (QED) is 0.165. The van der Waals surface area contributed by atoms with Crippen LogP contribution in [-0.2, 0) is 0 Å². The summed E-state index contributed by atoms with van der Waals surface area (Å²) < 4.78 is 2.30. The van der Waals surface area contributed by atoms with Gasteiger partial charge in [-0.25, -0.2) is 0 Å². The summed E-state index contributed by atoms with van der Waals surface area (Å²) in [6.07, 6.45) is 0. The zero-order valence-corrected chi connectivity index (χ0v) is 36.2. The topological polar surface area (TPSA) is 0 Å². The molecule has 0 spiro atoms. The molecule has 0 atom stereocenters. The summed E-state index contributed by atoms with van der Waals surface area (Å²) in [5, 5.41) is 10.3. The van der Waals surface area contributed by atoms with Gasteiger partial charge in [0.05, 0.1) is 0 Å². The van der Waals surface area contributed by atoms with Crippen LogP contribution in [-0.4, -0.2) is 0 Å². The first-order valence-corrected chi connectivity index (χ1v) is 21.4. The largest absolute Gasteiger partial charge is 0.0622 e. The average Bonchev–Trinajstić information content (AvgIpc) is 3.26. The van der Waals surface area contributed by atoms with Gasteiger partial charge in [0.25, 0.3) is 0 Å². The SMILES string of the molecule is Cc1c(-c2ccccc2)cc2ccccc2c1-c1c(C)c(-c2ccccc2)cc2ccccc12.Cc1c(Br)cc2ccccc2c1-c1c(C)c(Br)cc2ccccc12. The van der Waals surface area contributed by atoms with E-state index in [9.17, 15) is 0 Å². The van der Waals surface area contributed by atoms with Gasteiger partial charge in [0.1, 0.15) is 0 Å². The van der Waals surface area contributed by atoms with Gasteiger partial charge in [0.2, 0.25) is 0 Å². The van der Waals surface area contributed by atoms with Crippen molar-refractivity contribution in [1.82, 2.24) is 0 Å². The van der Waals surface area contributed by atoms with Crippen LogP contribution < -0.4 is 0 Å². The third-order valence-electron chi connectivity index (χ3n) is 11.8. The van der Waals surface area contributed by atoms with E-state index in [0.29, 0.717) is 0 Å². The van der Waals surface area contributed by atoms with E-state index in [1.807, 2.05) is 0 Å². The van der Waals surface area contributed by atoms with Crippen LogP contribution >= 0.6 is 31.9 Å². The Morgan fingerprint density at radius 1 is 0.276 bits per heavy atom. The highest BCUT2D eigenvalue weighted by Crippen LogP contribution is 2.46. The first-order valence-electron chi connectivity index (χ1n) is 19.8. The Morgan fingerprint density at radius 3 is 0.862 bits per heavy atom. The van der Waals surface area contributed by atoms with Crippen LogP contribution in [0.5, 0.6) is 0 Å². The highest BCUT2D eigenvalue weighted by molar-refractivity contribution is 9.10. The molecule has 280 valence electrons. The van der Waals surface area contributed by atoms with Gasteiger partial charge in [-0.3, -0.25) is 0 Å². The molecule has 0 aromatic heterocycles. The minimum atomic E-state index is 1.15. The molecule has 0 aliphatic heterocycles. The van der Waals surface area contributed by atoms with Gasteiger partial charge >= 0.3 is 0 Å². The molecule has 0 aliphatic carbocycles. The fourth-order valence-electron chi connectivity index (χ4n) is 8.86. The molecule has 10 rings (SSSR count). The highest BCUT2D eigenvalue weighted by atomic mass is 79.9. The van der Waals surface area contributed by atoms with Crippen LogP contribution in [0, 0.1) is 27.7 Å². The maximum atomic E-state index is 3.76. The zero-order valence-electron chi connectivity index (χ0n) is 33.1. The molecule has 0 unspecified atom stereocenters. The van der Waals surface area contributed by atoms with Crippen LogP contribution in [0.3, 0.4) is 0 Å². The van der Waals surface area contributed by atoms with Crippen molar-refractivity contribution < 1.29 is 0 Å². The number of fused-ring (bicyclic) bond motifs is 4. The van der Waals surface area contributed by atoms with Gasteiger partial charge < -0.3 is 0 Å². The van der Waals surface area contributed by atoms with Gasteiger partial charge in [-0.1, -0.05) is 190 Å². The molecule has 10 aromatic carbocycles. The molecule has 0 fully saturated rings. The Bertz CT molecular complexity index is 2940. The Kier molecular flexibility index (Phi) is 10.3. The van der Waals surface area contributed by atoms with Crippen LogP contribution in [0.2, 0.25) is 0 Å². The van der Waals surface area contributed by atoms with Crippen LogP contribution in [0.1, 0.15) is 22.3 Å². The standard InChI is InChI=1S/C34H26.C22H16Br2/c1-23-31(25-13-5-3-6-14-25)21-27-17-9-11-19-29(27)33(23)34-24(2)32(26-15-7-4-8-16-26)22-28-18-10-12-20-30(28)34;1-13-19(23)11-15-7-3-5-9-17(15)21(13)22-14(2)20(24)12-16-8-4-6-10-18(16)22/h3-22H,1-2H3;3-12H,1-2H3. The van der Waals surface area contributed by atoms with Crippen molar-refractivity contribution in [2.75, 3.05) is 0 Å². The first-order chi connectivity index (χ1) is 28.3. The van der Waals surface area contributed by atoms with E-state index in [1.54, 1.807) is 0 Å². The Balaban J connectivity index is 0.000000160. The minimum absolute atomic E-state index is 1.15. The summed E-state index contributed by atoms with van der Waals surface area (Å²) in [4.78, 5) is 0.